The van der Waals surface area contributed by atoms with Crippen LogP contribution in [0.4, 0.5) is 0 Å². The molecule has 0 bridgehead atoms. The fourth-order valence-electron chi connectivity index (χ4n) is 1.48. The predicted molar refractivity (Wildman–Crippen MR) is 59.8 cm³/mol. The van der Waals surface area contributed by atoms with E-state index in [1.165, 1.54) is 18.2 Å². The van der Waals surface area contributed by atoms with E-state index < -0.39 is 22.8 Å². The van der Waals surface area contributed by atoms with Crippen molar-refractivity contribution in [1.29, 1.82) is 0 Å². The number of benzene rings is 1. The highest BCUT2D eigenvalue weighted by Gasteiger charge is 2.16. The number of halogens is 1. The maximum atomic E-state index is 11.4. The molecule has 5 nitrogen and oxygen atoms in total. The number of nitrogens with two attached hydrogens (primary N) is 1. The fourth-order valence-corrected chi connectivity index (χ4v) is 1.65. The van der Waals surface area contributed by atoms with Gasteiger partial charge in [0.2, 0.25) is 0 Å². The van der Waals surface area contributed by atoms with Gasteiger partial charge in [-0.15, -0.1) is 0 Å². The first-order valence-corrected chi connectivity index (χ1v) is 4.73. The Labute approximate surface area is 94.5 Å². The number of aromatic amines is 1. The van der Waals surface area contributed by atoms with Gasteiger partial charge in [0.1, 0.15) is 11.3 Å². The summed E-state index contributed by atoms with van der Waals surface area (Å²) in [5, 5.41) is 10.5. The third kappa shape index (κ3) is 1.51. The monoisotopic (exact) mass is 238 g/mol. The lowest BCUT2D eigenvalue weighted by Gasteiger charge is -2.04. The van der Waals surface area contributed by atoms with Crippen LogP contribution in [0.5, 0.6) is 5.75 Å². The zero-order valence-electron chi connectivity index (χ0n) is 7.95. The van der Waals surface area contributed by atoms with Crippen molar-refractivity contribution < 1.29 is 9.90 Å². The second-order valence-corrected chi connectivity index (χ2v) is 3.67. The van der Waals surface area contributed by atoms with Crippen LogP contribution < -0.4 is 11.3 Å². The Kier molecular flexibility index (Phi) is 2.32. The number of pyridine rings is 1. The summed E-state index contributed by atoms with van der Waals surface area (Å²) in [5.74, 6) is -1.40. The van der Waals surface area contributed by atoms with Crippen LogP contribution in [-0.4, -0.2) is 16.0 Å². The van der Waals surface area contributed by atoms with Gasteiger partial charge < -0.3 is 15.8 Å². The Morgan fingerprint density at radius 3 is 2.75 bits per heavy atom. The van der Waals surface area contributed by atoms with Crippen molar-refractivity contribution in [3.8, 4) is 5.75 Å². The molecule has 1 aromatic heterocycles. The van der Waals surface area contributed by atoms with E-state index in [1.54, 1.807) is 0 Å². The number of hydrogen-bond acceptors (Lipinski definition) is 3. The first-order valence-electron chi connectivity index (χ1n) is 4.35. The molecule has 0 aliphatic carbocycles. The summed E-state index contributed by atoms with van der Waals surface area (Å²) in [6.45, 7) is 0. The molecule has 0 saturated carbocycles. The van der Waals surface area contributed by atoms with Gasteiger partial charge >= 0.3 is 0 Å². The van der Waals surface area contributed by atoms with E-state index in [9.17, 15) is 14.7 Å². The van der Waals surface area contributed by atoms with Gasteiger partial charge in [0.25, 0.3) is 11.5 Å². The Morgan fingerprint density at radius 2 is 2.12 bits per heavy atom. The molecule has 6 heteroatoms. The van der Waals surface area contributed by atoms with Crippen molar-refractivity contribution in [1.82, 2.24) is 4.98 Å². The zero-order chi connectivity index (χ0) is 11.9. The van der Waals surface area contributed by atoms with E-state index in [4.69, 9.17) is 17.3 Å². The van der Waals surface area contributed by atoms with Crippen LogP contribution in [0.3, 0.4) is 0 Å². The van der Waals surface area contributed by atoms with Crippen LogP contribution in [0.15, 0.2) is 23.0 Å². The lowest BCUT2D eigenvalue weighted by atomic mass is 10.1. The highest BCUT2D eigenvalue weighted by Crippen LogP contribution is 2.26. The first-order chi connectivity index (χ1) is 7.50. The molecule has 2 aromatic rings. The van der Waals surface area contributed by atoms with Crippen molar-refractivity contribution >= 4 is 28.4 Å². The van der Waals surface area contributed by atoms with Gasteiger partial charge in [-0.05, 0) is 18.2 Å². The zero-order valence-corrected chi connectivity index (χ0v) is 8.71. The molecule has 2 rings (SSSR count). The second-order valence-electron chi connectivity index (χ2n) is 3.23. The largest absolute Gasteiger partial charge is 0.506 e. The molecule has 1 heterocycles. The van der Waals surface area contributed by atoms with Crippen LogP contribution in [0.1, 0.15) is 10.4 Å². The predicted octanol–water partition coefficient (Wildman–Crippen LogP) is 0.986. The minimum Gasteiger partial charge on any atom is -0.506 e. The second kappa shape index (κ2) is 3.53. The van der Waals surface area contributed by atoms with Gasteiger partial charge in [0.15, 0.2) is 0 Å². The Hall–Kier alpha value is -2.01. The molecule has 0 atom stereocenters. The van der Waals surface area contributed by atoms with Crippen LogP contribution in [0, 0.1) is 0 Å². The summed E-state index contributed by atoms with van der Waals surface area (Å²) < 4.78 is 0. The highest BCUT2D eigenvalue weighted by molar-refractivity contribution is 6.31. The Morgan fingerprint density at radius 1 is 1.44 bits per heavy atom. The summed E-state index contributed by atoms with van der Waals surface area (Å²) in [4.78, 5) is 24.8. The van der Waals surface area contributed by atoms with E-state index in [-0.39, 0.29) is 0 Å². The molecule has 1 aromatic carbocycles. The average Bonchev–Trinajstić information content (AvgIpc) is 2.15. The van der Waals surface area contributed by atoms with Crippen molar-refractivity contribution in [2.45, 2.75) is 0 Å². The van der Waals surface area contributed by atoms with Crippen molar-refractivity contribution in [2.75, 3.05) is 0 Å². The quantitative estimate of drug-likeness (QED) is 0.691. The number of hydrogen-bond donors (Lipinski definition) is 3. The number of rotatable bonds is 1. The van der Waals surface area contributed by atoms with Gasteiger partial charge in [-0.25, -0.2) is 0 Å². The van der Waals surface area contributed by atoms with E-state index in [0.717, 1.165) is 0 Å². The molecule has 0 unspecified atom stereocenters. The summed E-state index contributed by atoms with van der Waals surface area (Å²) in [5.41, 5.74) is 4.15. The van der Waals surface area contributed by atoms with Gasteiger partial charge in [0, 0.05) is 10.4 Å². The summed E-state index contributed by atoms with van der Waals surface area (Å²) in [6, 6.07) is 4.50. The van der Waals surface area contributed by atoms with Gasteiger partial charge in [-0.1, -0.05) is 11.6 Å². The number of aromatic hydroxyl groups is 1. The molecule has 0 spiro atoms. The number of carbonyl (C=O) groups is 1. The maximum absolute atomic E-state index is 11.4. The lowest BCUT2D eigenvalue weighted by Crippen LogP contribution is -2.23. The molecule has 4 N–H and O–H groups in total. The third-order valence-electron chi connectivity index (χ3n) is 2.20. The van der Waals surface area contributed by atoms with E-state index in [2.05, 4.69) is 4.98 Å². The fraction of sp³-hybridized carbons (Fsp3) is 0. The summed E-state index contributed by atoms with van der Waals surface area (Å²) in [6.07, 6.45) is 0. The Balaban J connectivity index is 2.94. The van der Waals surface area contributed by atoms with Gasteiger partial charge in [0.05, 0.1) is 5.52 Å². The van der Waals surface area contributed by atoms with E-state index >= 15 is 0 Å². The molecular formula is C10H7ClN2O3. The van der Waals surface area contributed by atoms with Crippen LogP contribution in [0.2, 0.25) is 5.02 Å². The molecule has 0 fully saturated rings. The van der Waals surface area contributed by atoms with Crippen molar-refractivity contribution in [3.63, 3.8) is 0 Å². The minimum absolute atomic E-state index is 0.317. The maximum Gasteiger partial charge on any atom is 0.265 e. The Bertz CT molecular complexity index is 648. The molecule has 82 valence electrons. The minimum atomic E-state index is -0.976. The SMILES string of the molecule is NC(=O)c1c(O)c2ccc(Cl)cc2[nH]c1=O. The number of nitrogens with one attached hydrogen (secondary N) is 1. The van der Waals surface area contributed by atoms with Gasteiger partial charge in [-0.3, -0.25) is 9.59 Å². The molecule has 0 aliphatic heterocycles. The first kappa shape index (κ1) is 10.5. The number of primary amides is 1. The van der Waals surface area contributed by atoms with Crippen LogP contribution in [0.25, 0.3) is 10.9 Å². The molecule has 16 heavy (non-hydrogen) atoms. The van der Waals surface area contributed by atoms with Crippen LogP contribution >= 0.6 is 11.6 Å². The molecule has 0 saturated heterocycles. The number of H-pyrrole nitrogens is 1. The molecule has 0 radical (unpaired) electrons. The topological polar surface area (TPSA) is 96.2 Å². The number of fused-ring (bicyclic) bond motifs is 1. The molecule has 1 amide bonds. The number of carbonyl (C=O) groups excluding carboxylic acids is 1. The van der Waals surface area contributed by atoms with Crippen molar-refractivity contribution in [3.05, 3.63) is 39.1 Å². The smallest absolute Gasteiger partial charge is 0.265 e. The average molecular weight is 239 g/mol. The lowest BCUT2D eigenvalue weighted by molar-refractivity contribution is 0.0996. The molecular weight excluding hydrogens is 232 g/mol. The van der Waals surface area contributed by atoms with Crippen LogP contribution in [-0.2, 0) is 0 Å². The number of amides is 1. The number of aromatic nitrogens is 1. The van der Waals surface area contributed by atoms with E-state index in [1.807, 2.05) is 0 Å². The normalized spacial score (nSPS) is 10.6. The van der Waals surface area contributed by atoms with E-state index in [0.29, 0.717) is 15.9 Å². The molecule has 0 aliphatic rings. The summed E-state index contributed by atoms with van der Waals surface area (Å²) >= 11 is 5.73. The third-order valence-corrected chi connectivity index (χ3v) is 2.43. The van der Waals surface area contributed by atoms with Gasteiger partial charge in [-0.2, -0.15) is 0 Å². The summed E-state index contributed by atoms with van der Waals surface area (Å²) in [7, 11) is 0. The van der Waals surface area contributed by atoms with Crippen molar-refractivity contribution in [2.24, 2.45) is 5.73 Å². The highest BCUT2D eigenvalue weighted by atomic mass is 35.5. The standard InChI is InChI=1S/C10H7ClN2O3/c11-4-1-2-5-6(3-4)13-10(16)7(8(5)14)9(12)15/h1-3H,(H2,12,15)(H2,13,14,16).